The number of nitrogens with zero attached hydrogens (tertiary/aromatic N) is 1. The highest BCUT2D eigenvalue weighted by Crippen LogP contribution is 2.15. The van der Waals surface area contributed by atoms with Crippen molar-refractivity contribution < 1.29 is 13.9 Å². The zero-order chi connectivity index (χ0) is 12.3. The van der Waals surface area contributed by atoms with Crippen LogP contribution >= 0.6 is 0 Å². The predicted octanol–water partition coefficient (Wildman–Crippen LogP) is 2.08. The molecule has 1 atom stereocenters. The van der Waals surface area contributed by atoms with Gasteiger partial charge in [0.25, 0.3) is 5.91 Å². The molecule has 92 valence electrons. The largest absolute Gasteiger partial charge is 0.377 e. The smallest absolute Gasteiger partial charge is 0.254 e. The number of benzene rings is 1. The number of amides is 1. The normalized spacial score (nSPS) is 20.4. The standard InChI is InChI=1S/C13H16FNO2/c1-2-12-9-17-8-7-15(12)13(16)10-3-5-11(14)6-4-10/h3-6,12H,2,7-9H2,1H3. The molecule has 3 nitrogen and oxygen atoms in total. The van der Waals surface area contributed by atoms with Crippen molar-refractivity contribution in [2.24, 2.45) is 0 Å². The van der Waals surface area contributed by atoms with Gasteiger partial charge in [-0.2, -0.15) is 0 Å². The van der Waals surface area contributed by atoms with Gasteiger partial charge >= 0.3 is 0 Å². The fraction of sp³-hybridized carbons (Fsp3) is 0.462. The minimum Gasteiger partial charge on any atom is -0.377 e. The molecule has 1 aliphatic heterocycles. The minimum absolute atomic E-state index is 0.0415. The molecule has 1 unspecified atom stereocenters. The van der Waals surface area contributed by atoms with Crippen LogP contribution in [0.4, 0.5) is 4.39 Å². The molecule has 0 radical (unpaired) electrons. The second-order valence-corrected chi connectivity index (χ2v) is 4.14. The lowest BCUT2D eigenvalue weighted by molar-refractivity contribution is -0.00280. The SMILES string of the molecule is CCC1COCCN1C(=O)c1ccc(F)cc1. The van der Waals surface area contributed by atoms with Crippen LogP contribution in [0.3, 0.4) is 0 Å². The second-order valence-electron chi connectivity index (χ2n) is 4.14. The monoisotopic (exact) mass is 237 g/mol. The Bertz CT molecular complexity index is 391. The van der Waals surface area contributed by atoms with E-state index in [1.165, 1.54) is 24.3 Å². The Labute approximate surface area is 100 Å². The van der Waals surface area contributed by atoms with Gasteiger partial charge in [-0.25, -0.2) is 4.39 Å². The average Bonchev–Trinajstić information content (AvgIpc) is 2.39. The molecule has 0 saturated carbocycles. The Kier molecular flexibility index (Phi) is 3.74. The van der Waals surface area contributed by atoms with Gasteiger partial charge in [0.1, 0.15) is 5.82 Å². The van der Waals surface area contributed by atoms with Gasteiger partial charge in [0.05, 0.1) is 19.3 Å². The van der Waals surface area contributed by atoms with Gasteiger partial charge in [-0.05, 0) is 30.7 Å². The summed E-state index contributed by atoms with van der Waals surface area (Å²) in [5.41, 5.74) is 0.534. The summed E-state index contributed by atoms with van der Waals surface area (Å²) >= 11 is 0. The quantitative estimate of drug-likeness (QED) is 0.788. The molecule has 0 N–H and O–H groups in total. The molecule has 17 heavy (non-hydrogen) atoms. The van der Waals surface area contributed by atoms with E-state index in [-0.39, 0.29) is 17.8 Å². The summed E-state index contributed by atoms with van der Waals surface area (Å²) in [4.78, 5) is 14.0. The third kappa shape index (κ3) is 2.64. The third-order valence-electron chi connectivity index (χ3n) is 3.05. The van der Waals surface area contributed by atoms with Crippen molar-refractivity contribution in [1.29, 1.82) is 0 Å². The third-order valence-corrected chi connectivity index (χ3v) is 3.05. The van der Waals surface area contributed by atoms with E-state index in [1.54, 1.807) is 0 Å². The molecule has 0 bridgehead atoms. The molecule has 1 aliphatic rings. The lowest BCUT2D eigenvalue weighted by Crippen LogP contribution is -2.48. The highest BCUT2D eigenvalue weighted by atomic mass is 19.1. The molecule has 0 aromatic heterocycles. The van der Waals surface area contributed by atoms with E-state index in [2.05, 4.69) is 0 Å². The zero-order valence-corrected chi connectivity index (χ0v) is 9.86. The van der Waals surface area contributed by atoms with Crippen LogP contribution in [0.25, 0.3) is 0 Å². The summed E-state index contributed by atoms with van der Waals surface area (Å²) in [5.74, 6) is -0.365. The molecule has 2 rings (SSSR count). The van der Waals surface area contributed by atoms with E-state index in [4.69, 9.17) is 4.74 Å². The first-order valence-electron chi connectivity index (χ1n) is 5.86. The van der Waals surface area contributed by atoms with E-state index < -0.39 is 0 Å². The first-order chi connectivity index (χ1) is 8.22. The summed E-state index contributed by atoms with van der Waals surface area (Å²) < 4.78 is 18.1. The van der Waals surface area contributed by atoms with Crippen LogP contribution in [-0.2, 0) is 4.74 Å². The molecule has 1 saturated heterocycles. The zero-order valence-electron chi connectivity index (χ0n) is 9.86. The van der Waals surface area contributed by atoms with Crippen molar-refractivity contribution in [3.63, 3.8) is 0 Å². The first-order valence-corrected chi connectivity index (χ1v) is 5.86. The van der Waals surface area contributed by atoms with Crippen molar-refractivity contribution >= 4 is 5.91 Å². The van der Waals surface area contributed by atoms with Gasteiger partial charge < -0.3 is 9.64 Å². The Morgan fingerprint density at radius 1 is 1.47 bits per heavy atom. The predicted molar refractivity (Wildman–Crippen MR) is 62.3 cm³/mol. The summed E-state index contributed by atoms with van der Waals surface area (Å²) in [5, 5.41) is 0. The van der Waals surface area contributed by atoms with Gasteiger partial charge in [-0.3, -0.25) is 4.79 Å². The van der Waals surface area contributed by atoms with Crippen molar-refractivity contribution in [2.45, 2.75) is 19.4 Å². The molecule has 1 fully saturated rings. The van der Waals surface area contributed by atoms with E-state index in [9.17, 15) is 9.18 Å². The first kappa shape index (κ1) is 12.0. The number of morpholine rings is 1. The highest BCUT2D eigenvalue weighted by molar-refractivity contribution is 5.94. The number of carbonyl (C=O) groups excluding carboxylic acids is 1. The highest BCUT2D eigenvalue weighted by Gasteiger charge is 2.26. The maximum Gasteiger partial charge on any atom is 0.254 e. The fourth-order valence-electron chi connectivity index (χ4n) is 2.02. The molecule has 1 amide bonds. The van der Waals surface area contributed by atoms with Gasteiger partial charge in [-0.1, -0.05) is 6.92 Å². The van der Waals surface area contributed by atoms with Crippen LogP contribution in [0, 0.1) is 5.82 Å². The van der Waals surface area contributed by atoms with Crippen molar-refractivity contribution in [2.75, 3.05) is 19.8 Å². The van der Waals surface area contributed by atoms with E-state index in [0.717, 1.165) is 6.42 Å². The number of halogens is 1. The minimum atomic E-state index is -0.324. The van der Waals surface area contributed by atoms with E-state index >= 15 is 0 Å². The van der Waals surface area contributed by atoms with E-state index in [0.29, 0.717) is 25.3 Å². The average molecular weight is 237 g/mol. The second kappa shape index (κ2) is 5.27. The van der Waals surface area contributed by atoms with Crippen LogP contribution in [-0.4, -0.2) is 36.6 Å². The number of rotatable bonds is 2. The Hall–Kier alpha value is -1.42. The molecule has 1 aromatic rings. The van der Waals surface area contributed by atoms with Gasteiger partial charge in [0, 0.05) is 12.1 Å². The van der Waals surface area contributed by atoms with Gasteiger partial charge in [0.2, 0.25) is 0 Å². The van der Waals surface area contributed by atoms with E-state index in [1.807, 2.05) is 11.8 Å². The number of hydrogen-bond donors (Lipinski definition) is 0. The molecule has 0 spiro atoms. The number of ether oxygens (including phenoxy) is 1. The lowest BCUT2D eigenvalue weighted by Gasteiger charge is -2.35. The van der Waals surface area contributed by atoms with Crippen molar-refractivity contribution in [3.8, 4) is 0 Å². The Morgan fingerprint density at radius 2 is 2.18 bits per heavy atom. The topological polar surface area (TPSA) is 29.5 Å². The summed E-state index contributed by atoms with van der Waals surface area (Å²) in [7, 11) is 0. The maximum atomic E-state index is 12.8. The Balaban J connectivity index is 2.15. The van der Waals surface area contributed by atoms with Crippen LogP contribution < -0.4 is 0 Å². The summed E-state index contributed by atoms with van der Waals surface area (Å²) in [6, 6.07) is 5.81. The summed E-state index contributed by atoms with van der Waals surface area (Å²) in [6.07, 6.45) is 0.868. The molecule has 0 aliphatic carbocycles. The maximum absolute atomic E-state index is 12.8. The van der Waals surface area contributed by atoms with Crippen molar-refractivity contribution in [1.82, 2.24) is 4.90 Å². The number of hydrogen-bond acceptors (Lipinski definition) is 2. The molecule has 1 aromatic carbocycles. The molecule has 1 heterocycles. The van der Waals surface area contributed by atoms with Crippen LogP contribution in [0.15, 0.2) is 24.3 Å². The summed E-state index contributed by atoms with van der Waals surface area (Å²) in [6.45, 7) is 3.80. The lowest BCUT2D eigenvalue weighted by atomic mass is 10.1. The molecular formula is C13H16FNO2. The molecule has 4 heteroatoms. The Morgan fingerprint density at radius 3 is 2.82 bits per heavy atom. The molecular weight excluding hydrogens is 221 g/mol. The fourth-order valence-corrected chi connectivity index (χ4v) is 2.02. The van der Waals surface area contributed by atoms with Crippen LogP contribution in [0.5, 0.6) is 0 Å². The van der Waals surface area contributed by atoms with Gasteiger partial charge in [0.15, 0.2) is 0 Å². The van der Waals surface area contributed by atoms with Crippen LogP contribution in [0.1, 0.15) is 23.7 Å². The number of carbonyl (C=O) groups is 1. The van der Waals surface area contributed by atoms with Crippen LogP contribution in [0.2, 0.25) is 0 Å². The van der Waals surface area contributed by atoms with Gasteiger partial charge in [-0.15, -0.1) is 0 Å². The van der Waals surface area contributed by atoms with Crippen molar-refractivity contribution in [3.05, 3.63) is 35.6 Å².